The van der Waals surface area contributed by atoms with Crippen molar-refractivity contribution in [2.75, 3.05) is 17.0 Å². The summed E-state index contributed by atoms with van der Waals surface area (Å²) in [4.78, 5) is 21.5. The van der Waals surface area contributed by atoms with Gasteiger partial charge in [0.25, 0.3) is 0 Å². The molecule has 0 aliphatic heterocycles. The largest absolute Gasteiger partial charge is 0.351 e. The Hall–Kier alpha value is -2.40. The van der Waals surface area contributed by atoms with Crippen molar-refractivity contribution in [3.63, 3.8) is 0 Å². The van der Waals surface area contributed by atoms with Gasteiger partial charge in [-0.1, -0.05) is 24.3 Å². The predicted octanol–water partition coefficient (Wildman–Crippen LogP) is 3.07. The number of hydrogen-bond acceptors (Lipinski definition) is 3. The molecule has 5 heteroatoms. The number of anilines is 2. The van der Waals surface area contributed by atoms with Crippen LogP contribution in [0.2, 0.25) is 0 Å². The first-order valence-electron chi connectivity index (χ1n) is 6.01. The van der Waals surface area contributed by atoms with Crippen LogP contribution in [0.15, 0.2) is 54.7 Å². The number of nitrogens with one attached hydrogen (secondary N) is 1. The number of pyridine rings is 1. The number of benzene rings is 1. The second kappa shape index (κ2) is 6.51. The Labute approximate surface area is 111 Å². The Balaban J connectivity index is 2.13. The van der Waals surface area contributed by atoms with Crippen LogP contribution in [-0.2, 0) is 4.84 Å². The van der Waals surface area contributed by atoms with Crippen LogP contribution in [0.25, 0.3) is 0 Å². The highest BCUT2D eigenvalue weighted by atomic mass is 16.7. The van der Waals surface area contributed by atoms with Crippen molar-refractivity contribution in [3.8, 4) is 0 Å². The van der Waals surface area contributed by atoms with Crippen LogP contribution in [-0.4, -0.2) is 17.6 Å². The highest BCUT2D eigenvalue weighted by molar-refractivity contribution is 5.99. The number of aromatic nitrogens is 1. The number of hydroxylamine groups is 1. The highest BCUT2D eigenvalue weighted by Gasteiger charge is 2.16. The van der Waals surface area contributed by atoms with E-state index < -0.39 is 0 Å². The fourth-order valence-electron chi connectivity index (χ4n) is 1.54. The fourth-order valence-corrected chi connectivity index (χ4v) is 1.54. The summed E-state index contributed by atoms with van der Waals surface area (Å²) in [5, 5.41) is 3.89. The third kappa shape index (κ3) is 3.53. The molecular formula is C14H15N3O2. The van der Waals surface area contributed by atoms with Crippen molar-refractivity contribution in [2.45, 2.75) is 6.92 Å². The lowest BCUT2D eigenvalue weighted by atomic mass is 10.3. The molecule has 2 amide bonds. The molecule has 5 nitrogen and oxygen atoms in total. The molecule has 1 N–H and O–H groups in total. The number of hydrogen-bond donors (Lipinski definition) is 1. The third-order valence-electron chi connectivity index (χ3n) is 2.33. The molecule has 1 heterocycles. The zero-order chi connectivity index (χ0) is 13.5. The summed E-state index contributed by atoms with van der Waals surface area (Å²) in [6.07, 6.45) is 1.61. The van der Waals surface area contributed by atoms with Crippen molar-refractivity contribution in [2.24, 2.45) is 0 Å². The van der Waals surface area contributed by atoms with Gasteiger partial charge in [-0.15, -0.1) is 0 Å². The van der Waals surface area contributed by atoms with E-state index in [1.807, 2.05) is 25.1 Å². The Morgan fingerprint density at radius 1 is 1.21 bits per heavy atom. The van der Waals surface area contributed by atoms with E-state index in [1.165, 1.54) is 5.06 Å². The molecule has 0 aliphatic carbocycles. The van der Waals surface area contributed by atoms with Gasteiger partial charge in [-0.25, -0.2) is 9.78 Å². The number of carbonyl (C=O) groups excluding carboxylic acids is 1. The van der Waals surface area contributed by atoms with Crippen LogP contribution in [0.1, 0.15) is 6.92 Å². The van der Waals surface area contributed by atoms with E-state index in [0.717, 1.165) is 0 Å². The smallest absolute Gasteiger partial charge is 0.290 e. The molecule has 0 spiro atoms. The summed E-state index contributed by atoms with van der Waals surface area (Å²) in [6.45, 7) is 2.22. The van der Waals surface area contributed by atoms with Gasteiger partial charge in [0.15, 0.2) is 0 Å². The van der Waals surface area contributed by atoms with Gasteiger partial charge in [0.1, 0.15) is 5.82 Å². The Kier molecular flexibility index (Phi) is 4.47. The van der Waals surface area contributed by atoms with Gasteiger partial charge in [-0.3, -0.25) is 10.2 Å². The summed E-state index contributed by atoms with van der Waals surface area (Å²) in [6, 6.07) is 14.1. The minimum absolute atomic E-state index is 0.383. The Morgan fingerprint density at radius 3 is 2.58 bits per heavy atom. The van der Waals surface area contributed by atoms with Gasteiger partial charge in [-0.2, -0.15) is 5.06 Å². The van der Waals surface area contributed by atoms with Gasteiger partial charge in [0, 0.05) is 6.20 Å². The lowest BCUT2D eigenvalue weighted by molar-refractivity contribution is 0.132. The maximum absolute atomic E-state index is 12.2. The maximum Gasteiger partial charge on any atom is 0.351 e. The van der Waals surface area contributed by atoms with Crippen LogP contribution in [0.5, 0.6) is 0 Å². The molecule has 0 atom stereocenters. The van der Waals surface area contributed by atoms with E-state index in [-0.39, 0.29) is 6.03 Å². The molecule has 0 bridgehead atoms. The zero-order valence-electron chi connectivity index (χ0n) is 10.6. The third-order valence-corrected chi connectivity index (χ3v) is 2.33. The maximum atomic E-state index is 12.2. The molecule has 0 aliphatic rings. The van der Waals surface area contributed by atoms with Crippen molar-refractivity contribution in [3.05, 3.63) is 54.7 Å². The number of rotatable bonds is 4. The van der Waals surface area contributed by atoms with E-state index in [1.54, 1.807) is 36.5 Å². The molecule has 2 aromatic rings. The molecule has 0 unspecified atom stereocenters. The van der Waals surface area contributed by atoms with Gasteiger partial charge in [0.2, 0.25) is 0 Å². The molecule has 0 fully saturated rings. The van der Waals surface area contributed by atoms with Crippen LogP contribution in [0, 0.1) is 0 Å². The van der Waals surface area contributed by atoms with Crippen molar-refractivity contribution < 1.29 is 9.63 Å². The number of urea groups is 1. The van der Waals surface area contributed by atoms with Gasteiger partial charge >= 0.3 is 6.03 Å². The quantitative estimate of drug-likeness (QED) is 0.856. The lowest BCUT2D eigenvalue weighted by Gasteiger charge is -2.21. The molecular weight excluding hydrogens is 242 g/mol. The number of carbonyl (C=O) groups is 1. The fraction of sp³-hybridized carbons (Fsp3) is 0.143. The minimum Gasteiger partial charge on any atom is -0.290 e. The van der Waals surface area contributed by atoms with E-state index in [4.69, 9.17) is 4.84 Å². The minimum atomic E-state index is -0.383. The van der Waals surface area contributed by atoms with Gasteiger partial charge in [0.05, 0.1) is 12.3 Å². The van der Waals surface area contributed by atoms with Crippen molar-refractivity contribution >= 4 is 17.5 Å². The summed E-state index contributed by atoms with van der Waals surface area (Å²) in [5.74, 6) is 0.480. The van der Waals surface area contributed by atoms with Crippen LogP contribution in [0.3, 0.4) is 0 Å². The summed E-state index contributed by atoms with van der Waals surface area (Å²) >= 11 is 0. The first kappa shape index (κ1) is 13.0. The average molecular weight is 257 g/mol. The number of amides is 2. The van der Waals surface area contributed by atoms with E-state index in [9.17, 15) is 4.79 Å². The SMILES string of the molecule is CCON(C(=O)Nc1ccccn1)c1ccccc1. The summed E-state index contributed by atoms with van der Waals surface area (Å²) < 4.78 is 0. The molecule has 1 aromatic carbocycles. The molecule has 0 saturated heterocycles. The Morgan fingerprint density at radius 2 is 1.95 bits per heavy atom. The summed E-state index contributed by atoms with van der Waals surface area (Å²) in [5.41, 5.74) is 0.665. The first-order chi connectivity index (χ1) is 9.31. The molecule has 0 radical (unpaired) electrons. The van der Waals surface area contributed by atoms with Gasteiger partial charge < -0.3 is 0 Å². The van der Waals surface area contributed by atoms with Crippen molar-refractivity contribution in [1.29, 1.82) is 0 Å². The standard InChI is InChI=1S/C14H15N3O2/c1-2-19-17(12-8-4-3-5-9-12)14(18)16-13-10-6-7-11-15-13/h3-11H,2H2,1H3,(H,15,16,18). The van der Waals surface area contributed by atoms with Crippen LogP contribution in [0.4, 0.5) is 16.3 Å². The predicted molar refractivity (Wildman–Crippen MR) is 73.8 cm³/mol. The van der Waals surface area contributed by atoms with Crippen molar-refractivity contribution in [1.82, 2.24) is 4.98 Å². The molecule has 2 rings (SSSR count). The topological polar surface area (TPSA) is 54.5 Å². The Bertz CT molecular complexity index is 517. The average Bonchev–Trinajstić information content (AvgIpc) is 2.46. The van der Waals surface area contributed by atoms with Crippen LogP contribution < -0.4 is 10.4 Å². The lowest BCUT2D eigenvalue weighted by Crippen LogP contribution is -2.35. The first-order valence-corrected chi connectivity index (χ1v) is 6.01. The van der Waals surface area contributed by atoms with Gasteiger partial charge in [-0.05, 0) is 31.2 Å². The molecule has 0 saturated carbocycles. The number of nitrogens with zero attached hydrogens (tertiary/aromatic N) is 2. The second-order valence-electron chi connectivity index (χ2n) is 3.69. The molecule has 98 valence electrons. The van der Waals surface area contributed by atoms with E-state index >= 15 is 0 Å². The zero-order valence-corrected chi connectivity index (χ0v) is 10.6. The number of para-hydroxylation sites is 1. The van der Waals surface area contributed by atoms with E-state index in [0.29, 0.717) is 18.1 Å². The highest BCUT2D eigenvalue weighted by Crippen LogP contribution is 2.15. The van der Waals surface area contributed by atoms with Crippen LogP contribution >= 0.6 is 0 Å². The second-order valence-corrected chi connectivity index (χ2v) is 3.69. The summed E-state index contributed by atoms with van der Waals surface area (Å²) in [7, 11) is 0. The molecule has 1 aromatic heterocycles. The normalized spacial score (nSPS) is 9.95. The monoisotopic (exact) mass is 257 g/mol. The van der Waals surface area contributed by atoms with E-state index in [2.05, 4.69) is 10.3 Å². The molecule has 19 heavy (non-hydrogen) atoms.